The molecule has 0 aliphatic rings. The molecule has 0 atom stereocenters. The molecule has 0 aliphatic heterocycles. The van der Waals surface area contributed by atoms with Crippen LogP contribution in [0.4, 0.5) is 13.2 Å². The Hall–Kier alpha value is -2.09. The van der Waals surface area contributed by atoms with Gasteiger partial charge in [-0.2, -0.15) is 13.2 Å². The molecule has 8 heteroatoms. The number of nitrogens with one attached hydrogen (secondary N) is 1. The summed E-state index contributed by atoms with van der Waals surface area (Å²) in [6, 6.07) is 5.13. The molecule has 0 saturated carbocycles. The van der Waals surface area contributed by atoms with Crippen molar-refractivity contribution in [2.24, 2.45) is 0 Å². The predicted octanol–water partition coefficient (Wildman–Crippen LogP) is 2.10. The highest BCUT2D eigenvalue weighted by Crippen LogP contribution is 2.35. The van der Waals surface area contributed by atoms with E-state index < -0.39 is 11.7 Å². The summed E-state index contributed by atoms with van der Waals surface area (Å²) in [6.45, 7) is 0.982. The number of nitrogens with zero attached hydrogens (tertiary/aromatic N) is 3. The van der Waals surface area contributed by atoms with Gasteiger partial charge < -0.3 is 10.1 Å². The number of halogens is 3. The average molecular weight is 300 g/mol. The second-order valence-corrected chi connectivity index (χ2v) is 4.35. The molecule has 0 unspecified atom stereocenters. The fraction of sp³-hybridized carbons (Fsp3) is 0.385. The minimum absolute atomic E-state index is 0.0788. The van der Waals surface area contributed by atoms with Gasteiger partial charge in [0.25, 0.3) is 0 Å². The largest absolute Gasteiger partial charge is 0.491 e. The zero-order valence-electron chi connectivity index (χ0n) is 11.4. The molecule has 0 amide bonds. The first kappa shape index (κ1) is 15.3. The quantitative estimate of drug-likeness (QED) is 0.887. The van der Waals surface area contributed by atoms with Gasteiger partial charge in [-0.05, 0) is 19.2 Å². The van der Waals surface area contributed by atoms with Crippen LogP contribution in [0.25, 0.3) is 0 Å². The van der Waals surface area contributed by atoms with E-state index in [1.165, 1.54) is 22.9 Å². The number of hydrogen-bond donors (Lipinski definition) is 1. The van der Waals surface area contributed by atoms with E-state index in [1.54, 1.807) is 13.2 Å². The van der Waals surface area contributed by atoms with Crippen molar-refractivity contribution in [3.05, 3.63) is 41.7 Å². The fourth-order valence-electron chi connectivity index (χ4n) is 1.79. The van der Waals surface area contributed by atoms with Crippen molar-refractivity contribution in [2.45, 2.75) is 19.3 Å². The second-order valence-electron chi connectivity index (χ2n) is 4.35. The molecule has 114 valence electrons. The minimum Gasteiger partial charge on any atom is -0.491 e. The van der Waals surface area contributed by atoms with Crippen LogP contribution in [0.1, 0.15) is 11.3 Å². The highest BCUT2D eigenvalue weighted by molar-refractivity contribution is 5.35. The molecule has 0 bridgehead atoms. The molecule has 1 heterocycles. The third-order valence-electron chi connectivity index (χ3n) is 2.71. The van der Waals surface area contributed by atoms with Crippen LogP contribution in [0.3, 0.4) is 0 Å². The van der Waals surface area contributed by atoms with Crippen LogP contribution in [-0.4, -0.2) is 28.6 Å². The van der Waals surface area contributed by atoms with Crippen molar-refractivity contribution in [2.75, 3.05) is 13.7 Å². The predicted molar refractivity (Wildman–Crippen MR) is 69.7 cm³/mol. The third-order valence-corrected chi connectivity index (χ3v) is 2.71. The highest BCUT2D eigenvalue weighted by Gasteiger charge is 2.33. The first-order valence-corrected chi connectivity index (χ1v) is 6.33. The summed E-state index contributed by atoms with van der Waals surface area (Å²) in [4.78, 5) is 0. The lowest BCUT2D eigenvalue weighted by Crippen LogP contribution is -2.12. The Morgan fingerprint density at radius 2 is 2.05 bits per heavy atom. The molecule has 0 radical (unpaired) electrons. The van der Waals surface area contributed by atoms with E-state index in [1.807, 2.05) is 0 Å². The van der Waals surface area contributed by atoms with E-state index in [4.69, 9.17) is 4.74 Å². The van der Waals surface area contributed by atoms with Gasteiger partial charge in [0.1, 0.15) is 12.4 Å². The zero-order valence-corrected chi connectivity index (χ0v) is 11.4. The van der Waals surface area contributed by atoms with E-state index >= 15 is 0 Å². The molecule has 2 rings (SSSR count). The number of ether oxygens (including phenoxy) is 1. The monoisotopic (exact) mass is 300 g/mol. The fourth-order valence-corrected chi connectivity index (χ4v) is 1.79. The zero-order chi connectivity index (χ0) is 15.3. The van der Waals surface area contributed by atoms with E-state index in [2.05, 4.69) is 15.6 Å². The Balaban J connectivity index is 1.94. The highest BCUT2D eigenvalue weighted by atomic mass is 19.4. The number of aromatic nitrogens is 3. The third kappa shape index (κ3) is 4.19. The van der Waals surface area contributed by atoms with Gasteiger partial charge in [0.2, 0.25) is 0 Å². The summed E-state index contributed by atoms with van der Waals surface area (Å²) in [7, 11) is 1.79. The average Bonchev–Trinajstić information content (AvgIpc) is 2.86. The van der Waals surface area contributed by atoms with Crippen molar-refractivity contribution in [3.63, 3.8) is 0 Å². The van der Waals surface area contributed by atoms with E-state index in [0.717, 1.165) is 11.8 Å². The number of rotatable bonds is 6. The molecule has 1 aromatic carbocycles. The van der Waals surface area contributed by atoms with Crippen molar-refractivity contribution in [1.29, 1.82) is 0 Å². The Morgan fingerprint density at radius 3 is 2.76 bits per heavy atom. The van der Waals surface area contributed by atoms with Gasteiger partial charge in [0.15, 0.2) is 0 Å². The lowest BCUT2D eigenvalue weighted by molar-refractivity contribution is -0.139. The Labute approximate surface area is 119 Å². The van der Waals surface area contributed by atoms with Crippen molar-refractivity contribution >= 4 is 0 Å². The summed E-state index contributed by atoms with van der Waals surface area (Å²) in [5.41, 5.74) is -0.0207. The molecule has 2 aromatic rings. The van der Waals surface area contributed by atoms with Crippen LogP contribution in [-0.2, 0) is 19.3 Å². The molecule has 21 heavy (non-hydrogen) atoms. The van der Waals surface area contributed by atoms with Crippen molar-refractivity contribution in [3.8, 4) is 5.75 Å². The Bertz CT molecular complexity index is 583. The second kappa shape index (κ2) is 6.57. The maximum atomic E-state index is 12.8. The van der Waals surface area contributed by atoms with E-state index in [9.17, 15) is 13.2 Å². The summed E-state index contributed by atoms with van der Waals surface area (Å²) in [5.74, 6) is -0.180. The summed E-state index contributed by atoms with van der Waals surface area (Å²) in [6.07, 6.45) is -2.71. The summed E-state index contributed by atoms with van der Waals surface area (Å²) >= 11 is 0. The number of alkyl halides is 3. The Kier molecular flexibility index (Phi) is 4.79. The minimum atomic E-state index is -4.43. The van der Waals surface area contributed by atoms with Crippen molar-refractivity contribution in [1.82, 2.24) is 20.3 Å². The van der Waals surface area contributed by atoms with Crippen LogP contribution in [0.15, 0.2) is 30.5 Å². The van der Waals surface area contributed by atoms with E-state index in [0.29, 0.717) is 13.1 Å². The normalized spacial score (nSPS) is 11.6. The lowest BCUT2D eigenvalue weighted by Gasteiger charge is -2.13. The van der Waals surface area contributed by atoms with Crippen molar-refractivity contribution < 1.29 is 17.9 Å². The first-order valence-electron chi connectivity index (χ1n) is 6.33. The number of hydrogen-bond acceptors (Lipinski definition) is 4. The molecule has 5 nitrogen and oxygen atoms in total. The maximum absolute atomic E-state index is 12.8. The summed E-state index contributed by atoms with van der Waals surface area (Å²) < 4.78 is 45.1. The van der Waals surface area contributed by atoms with Crippen LogP contribution in [0, 0.1) is 0 Å². The smallest absolute Gasteiger partial charge is 0.419 e. The van der Waals surface area contributed by atoms with Crippen LogP contribution in [0.5, 0.6) is 5.75 Å². The number of benzene rings is 1. The van der Waals surface area contributed by atoms with Crippen LogP contribution in [0.2, 0.25) is 0 Å². The number of para-hydroxylation sites is 1. The van der Waals surface area contributed by atoms with Gasteiger partial charge in [-0.1, -0.05) is 17.3 Å². The van der Waals surface area contributed by atoms with Gasteiger partial charge in [-0.25, -0.2) is 4.68 Å². The molecule has 0 spiro atoms. The van der Waals surface area contributed by atoms with Crippen LogP contribution >= 0.6 is 0 Å². The molecule has 1 N–H and O–H groups in total. The molecule has 1 aromatic heterocycles. The lowest BCUT2D eigenvalue weighted by atomic mass is 10.2. The van der Waals surface area contributed by atoms with Gasteiger partial charge in [-0.3, -0.25) is 0 Å². The van der Waals surface area contributed by atoms with E-state index in [-0.39, 0.29) is 12.4 Å². The summed E-state index contributed by atoms with van der Waals surface area (Å²) in [5, 5.41) is 10.7. The van der Waals surface area contributed by atoms with Gasteiger partial charge in [-0.15, -0.1) is 5.10 Å². The maximum Gasteiger partial charge on any atom is 0.419 e. The SMILES string of the molecule is CNCc1cn(CCOc2ccccc2C(F)(F)F)nn1. The van der Waals surface area contributed by atoms with Crippen LogP contribution < -0.4 is 10.1 Å². The Morgan fingerprint density at radius 1 is 1.29 bits per heavy atom. The van der Waals surface area contributed by atoms with Gasteiger partial charge in [0, 0.05) is 12.7 Å². The molecular weight excluding hydrogens is 285 g/mol. The molecule has 0 aliphatic carbocycles. The first-order chi connectivity index (χ1) is 10.0. The topological polar surface area (TPSA) is 52.0 Å². The molecular formula is C13H15F3N4O. The molecule has 0 saturated heterocycles. The van der Waals surface area contributed by atoms with Gasteiger partial charge in [0.05, 0.1) is 17.8 Å². The van der Waals surface area contributed by atoms with Gasteiger partial charge >= 0.3 is 6.18 Å². The standard InChI is InChI=1S/C13H15F3N4O/c1-17-8-10-9-20(19-18-10)6-7-21-12-5-3-2-4-11(12)13(14,15)16/h2-5,9,17H,6-8H2,1H3. The molecule has 0 fully saturated rings.